The maximum absolute atomic E-state index is 13.0. The lowest BCUT2D eigenvalue weighted by atomic mass is 10.0. The summed E-state index contributed by atoms with van der Waals surface area (Å²) in [5.74, 6) is -0.566. The first-order valence-electron chi connectivity index (χ1n) is 6.04. The monoisotopic (exact) mass is 344 g/mol. The summed E-state index contributed by atoms with van der Waals surface area (Å²) >= 11 is 8.20. The molecule has 2 rings (SSSR count). The molecule has 3 nitrogen and oxygen atoms in total. The Morgan fingerprint density at radius 2 is 2.21 bits per heavy atom. The van der Waals surface area contributed by atoms with E-state index in [-0.39, 0.29) is 23.7 Å². The number of hydrogen-bond acceptors (Lipinski definition) is 2. The Bertz CT molecular complexity index is 523. The Morgan fingerprint density at radius 1 is 1.47 bits per heavy atom. The molecule has 1 aromatic carbocycles. The fraction of sp³-hybridized carbons (Fsp3) is 0.385. The lowest BCUT2D eigenvalue weighted by molar-refractivity contribution is 0.0933. The first kappa shape index (κ1) is 14.4. The van der Waals surface area contributed by atoms with Crippen molar-refractivity contribution < 1.29 is 9.18 Å². The number of nitrogens with one attached hydrogen (secondary N) is 1. The van der Waals surface area contributed by atoms with Gasteiger partial charge < -0.3 is 11.1 Å². The van der Waals surface area contributed by atoms with Crippen molar-refractivity contribution in [1.29, 1.82) is 0 Å². The highest BCUT2D eigenvalue weighted by molar-refractivity contribution is 9.10. The van der Waals surface area contributed by atoms with Gasteiger partial charge in [-0.05, 0) is 47.0 Å². The molecule has 0 spiro atoms. The second kappa shape index (κ2) is 5.96. The molecule has 0 radical (unpaired) electrons. The minimum absolute atomic E-state index is 0.0260. The van der Waals surface area contributed by atoms with Gasteiger partial charge in [0, 0.05) is 16.4 Å². The molecule has 1 fully saturated rings. The molecule has 2 unspecified atom stereocenters. The number of carbonyl (C=O) groups is 1. The second-order valence-corrected chi connectivity index (χ2v) is 5.97. The molecular weight excluding hydrogens is 331 g/mol. The molecule has 2 atom stereocenters. The maximum Gasteiger partial charge on any atom is 0.252 e. The molecule has 3 N–H and O–H groups in total. The normalized spacial score (nSPS) is 22.2. The highest BCUT2D eigenvalue weighted by Crippen LogP contribution is 2.27. The van der Waals surface area contributed by atoms with E-state index >= 15 is 0 Å². The summed E-state index contributed by atoms with van der Waals surface area (Å²) in [6.45, 7) is 0. The molecule has 0 heterocycles. The summed E-state index contributed by atoms with van der Waals surface area (Å²) < 4.78 is 13.4. The standard InChI is InChI=1S/C13H14BrFN2OS/c14-10-6-7(15)4-5-8(10)13(18)17-11-3-1-2-9(11)12(16)19/h4-6,9,11H,1-3H2,(H2,16,19)(H,17,18). The number of thiocarbonyl (C=S) groups is 1. The van der Waals surface area contributed by atoms with Crippen LogP contribution >= 0.6 is 28.1 Å². The van der Waals surface area contributed by atoms with Crippen molar-refractivity contribution in [1.82, 2.24) is 5.32 Å². The predicted octanol–water partition coefficient (Wildman–Crippen LogP) is 2.77. The quantitative estimate of drug-likeness (QED) is 0.829. The number of rotatable bonds is 3. The Labute approximate surface area is 124 Å². The molecule has 1 saturated carbocycles. The number of nitrogens with two attached hydrogens (primary N) is 1. The third-order valence-electron chi connectivity index (χ3n) is 3.37. The Balaban J connectivity index is 2.10. The van der Waals surface area contributed by atoms with Crippen molar-refractivity contribution in [2.75, 3.05) is 0 Å². The third kappa shape index (κ3) is 3.30. The zero-order valence-corrected chi connectivity index (χ0v) is 12.6. The molecule has 1 aliphatic carbocycles. The molecule has 0 aliphatic heterocycles. The van der Waals surface area contributed by atoms with Crippen molar-refractivity contribution >= 4 is 39.0 Å². The van der Waals surface area contributed by atoms with Crippen LogP contribution in [-0.4, -0.2) is 16.9 Å². The average molecular weight is 345 g/mol. The van der Waals surface area contributed by atoms with Crippen molar-refractivity contribution in [3.63, 3.8) is 0 Å². The largest absolute Gasteiger partial charge is 0.393 e. The van der Waals surface area contributed by atoms with E-state index in [1.807, 2.05) is 0 Å². The van der Waals surface area contributed by atoms with Crippen LogP contribution < -0.4 is 11.1 Å². The SMILES string of the molecule is NC(=S)C1CCCC1NC(=O)c1ccc(F)cc1Br. The average Bonchev–Trinajstić information content (AvgIpc) is 2.76. The van der Waals surface area contributed by atoms with Crippen molar-refractivity contribution in [2.24, 2.45) is 11.7 Å². The van der Waals surface area contributed by atoms with E-state index in [1.165, 1.54) is 18.2 Å². The van der Waals surface area contributed by atoms with E-state index in [0.717, 1.165) is 19.3 Å². The van der Waals surface area contributed by atoms with Crippen molar-refractivity contribution in [3.05, 3.63) is 34.1 Å². The summed E-state index contributed by atoms with van der Waals surface area (Å²) in [6.07, 6.45) is 2.77. The predicted molar refractivity (Wildman–Crippen MR) is 79.5 cm³/mol. The van der Waals surface area contributed by atoms with E-state index in [4.69, 9.17) is 18.0 Å². The van der Waals surface area contributed by atoms with Gasteiger partial charge in [0.1, 0.15) is 5.82 Å². The number of benzene rings is 1. The van der Waals surface area contributed by atoms with Gasteiger partial charge >= 0.3 is 0 Å². The molecule has 1 amide bonds. The zero-order valence-electron chi connectivity index (χ0n) is 10.2. The lowest BCUT2D eigenvalue weighted by Gasteiger charge is -2.20. The molecule has 1 aromatic rings. The number of halogens is 2. The van der Waals surface area contributed by atoms with Gasteiger partial charge in [-0.2, -0.15) is 0 Å². The maximum atomic E-state index is 13.0. The van der Waals surface area contributed by atoms with Crippen LogP contribution in [0.3, 0.4) is 0 Å². The smallest absolute Gasteiger partial charge is 0.252 e. The number of hydrogen-bond donors (Lipinski definition) is 2. The summed E-state index contributed by atoms with van der Waals surface area (Å²) in [5, 5.41) is 2.93. The van der Waals surface area contributed by atoms with Gasteiger partial charge in [0.15, 0.2) is 0 Å². The van der Waals surface area contributed by atoms with Crippen molar-refractivity contribution in [2.45, 2.75) is 25.3 Å². The first-order chi connectivity index (χ1) is 8.99. The minimum Gasteiger partial charge on any atom is -0.393 e. The van der Waals surface area contributed by atoms with E-state index in [2.05, 4.69) is 21.2 Å². The first-order valence-corrected chi connectivity index (χ1v) is 7.24. The summed E-state index contributed by atoms with van der Waals surface area (Å²) in [7, 11) is 0. The van der Waals surface area contributed by atoms with Crippen molar-refractivity contribution in [3.8, 4) is 0 Å². The van der Waals surface area contributed by atoms with Gasteiger partial charge in [-0.25, -0.2) is 4.39 Å². The van der Waals surface area contributed by atoms with E-state index < -0.39 is 0 Å². The molecule has 0 aromatic heterocycles. The van der Waals surface area contributed by atoms with Crippen LogP contribution in [0.5, 0.6) is 0 Å². The van der Waals surface area contributed by atoms with Gasteiger partial charge in [0.2, 0.25) is 0 Å². The second-order valence-electron chi connectivity index (χ2n) is 4.64. The van der Waals surface area contributed by atoms with E-state index in [0.29, 0.717) is 15.0 Å². The van der Waals surface area contributed by atoms with Crippen LogP contribution in [-0.2, 0) is 0 Å². The van der Waals surface area contributed by atoms with Gasteiger partial charge in [-0.1, -0.05) is 18.6 Å². The fourth-order valence-electron chi connectivity index (χ4n) is 2.39. The molecular formula is C13H14BrFN2OS. The van der Waals surface area contributed by atoms with Gasteiger partial charge in [0.25, 0.3) is 5.91 Å². The van der Waals surface area contributed by atoms with Gasteiger partial charge in [0.05, 0.1) is 10.6 Å². The molecule has 1 aliphatic rings. The number of carbonyl (C=O) groups excluding carboxylic acids is 1. The Morgan fingerprint density at radius 3 is 2.84 bits per heavy atom. The Hall–Kier alpha value is -1.01. The van der Waals surface area contributed by atoms with Gasteiger partial charge in [-0.3, -0.25) is 4.79 Å². The van der Waals surface area contributed by atoms with Crippen LogP contribution in [0.1, 0.15) is 29.6 Å². The minimum atomic E-state index is -0.384. The van der Waals surface area contributed by atoms with Crippen LogP contribution in [0.4, 0.5) is 4.39 Å². The van der Waals surface area contributed by atoms with Crippen LogP contribution in [0.2, 0.25) is 0 Å². The highest BCUT2D eigenvalue weighted by Gasteiger charge is 2.31. The topological polar surface area (TPSA) is 55.1 Å². The molecule has 0 saturated heterocycles. The zero-order chi connectivity index (χ0) is 14.0. The third-order valence-corrected chi connectivity index (χ3v) is 4.33. The van der Waals surface area contributed by atoms with E-state index in [1.54, 1.807) is 0 Å². The molecule has 102 valence electrons. The molecule has 0 bridgehead atoms. The number of amides is 1. The summed E-state index contributed by atoms with van der Waals surface area (Å²) in [6, 6.07) is 3.97. The van der Waals surface area contributed by atoms with E-state index in [9.17, 15) is 9.18 Å². The summed E-state index contributed by atoms with van der Waals surface area (Å²) in [4.78, 5) is 12.6. The lowest BCUT2D eigenvalue weighted by Crippen LogP contribution is -2.41. The van der Waals surface area contributed by atoms with Crippen LogP contribution in [0.15, 0.2) is 22.7 Å². The molecule has 6 heteroatoms. The Kier molecular flexibility index (Phi) is 4.52. The molecule has 19 heavy (non-hydrogen) atoms. The van der Waals surface area contributed by atoms with Crippen LogP contribution in [0.25, 0.3) is 0 Å². The summed E-state index contributed by atoms with van der Waals surface area (Å²) in [5.41, 5.74) is 6.09. The van der Waals surface area contributed by atoms with Gasteiger partial charge in [-0.15, -0.1) is 0 Å². The fourth-order valence-corrected chi connectivity index (χ4v) is 3.21. The van der Waals surface area contributed by atoms with Crippen LogP contribution in [0, 0.1) is 11.7 Å². The highest BCUT2D eigenvalue weighted by atomic mass is 79.9.